The molecule has 2 aromatic rings. The summed E-state index contributed by atoms with van der Waals surface area (Å²) in [5.41, 5.74) is -1.84. The summed E-state index contributed by atoms with van der Waals surface area (Å²) in [5, 5.41) is 9.58. The summed E-state index contributed by atoms with van der Waals surface area (Å²) < 4.78 is 44.3. The second-order valence-corrected chi connectivity index (χ2v) is 6.51. The van der Waals surface area contributed by atoms with Crippen LogP contribution in [0, 0.1) is 0 Å². The zero-order chi connectivity index (χ0) is 18.9. The Balaban J connectivity index is 1.68. The Bertz CT molecular complexity index is 785. The van der Waals surface area contributed by atoms with E-state index < -0.39 is 17.7 Å². The summed E-state index contributed by atoms with van der Waals surface area (Å²) >= 11 is 0. The lowest BCUT2D eigenvalue weighted by Crippen LogP contribution is -2.56. The number of halogens is 3. The van der Waals surface area contributed by atoms with Gasteiger partial charge in [-0.05, 0) is 18.9 Å². The predicted molar refractivity (Wildman–Crippen MR) is 86.2 cm³/mol. The molecule has 2 heterocycles. The number of carbonyl (C=O) groups excluding carboxylic acids is 1. The first-order valence-electron chi connectivity index (χ1n) is 8.28. The van der Waals surface area contributed by atoms with Crippen molar-refractivity contribution in [3.63, 3.8) is 0 Å². The number of fused-ring (bicyclic) bond motifs is 1. The van der Waals surface area contributed by atoms with E-state index in [2.05, 4.69) is 4.98 Å². The molecule has 8 heteroatoms. The van der Waals surface area contributed by atoms with E-state index in [1.165, 1.54) is 0 Å². The molecular weight excluding hydrogens is 349 g/mol. The van der Waals surface area contributed by atoms with Crippen LogP contribution in [0.15, 0.2) is 34.7 Å². The van der Waals surface area contributed by atoms with E-state index in [9.17, 15) is 23.1 Å². The number of aliphatic hydroxyl groups is 1. The number of oxazole rings is 1. The van der Waals surface area contributed by atoms with Crippen molar-refractivity contribution in [1.82, 2.24) is 9.88 Å². The van der Waals surface area contributed by atoms with Gasteiger partial charge in [-0.15, -0.1) is 0 Å². The van der Waals surface area contributed by atoms with Gasteiger partial charge in [0.1, 0.15) is 11.5 Å². The molecule has 26 heavy (non-hydrogen) atoms. The maximum absolute atomic E-state index is 12.9. The molecule has 1 aliphatic heterocycles. The Labute approximate surface area is 148 Å². The lowest BCUT2D eigenvalue weighted by Gasteiger charge is -2.33. The molecule has 3 rings (SSSR count). The zero-order valence-electron chi connectivity index (χ0n) is 14.2. The van der Waals surface area contributed by atoms with E-state index in [0.717, 1.165) is 16.9 Å². The number of alkyl halides is 3. The fourth-order valence-electron chi connectivity index (χ4n) is 2.86. The number of aryl methyl sites for hydroxylation is 2. The van der Waals surface area contributed by atoms with Crippen molar-refractivity contribution in [2.24, 2.45) is 0 Å². The van der Waals surface area contributed by atoms with Crippen molar-refractivity contribution in [1.29, 1.82) is 0 Å². The monoisotopic (exact) mass is 368 g/mol. The first kappa shape index (κ1) is 18.4. The van der Waals surface area contributed by atoms with Crippen LogP contribution in [0.4, 0.5) is 13.2 Å². The molecule has 0 saturated carbocycles. The van der Waals surface area contributed by atoms with Gasteiger partial charge in [-0.3, -0.25) is 4.79 Å². The van der Waals surface area contributed by atoms with Crippen molar-refractivity contribution < 1.29 is 27.5 Å². The number of hydrogen-bond acceptors (Lipinski definition) is 4. The predicted octanol–water partition coefficient (Wildman–Crippen LogP) is 2.66. The molecule has 1 N–H and O–H groups in total. The maximum atomic E-state index is 12.9. The van der Waals surface area contributed by atoms with Crippen molar-refractivity contribution in [3.8, 4) is 0 Å². The first-order chi connectivity index (χ1) is 12.2. The molecule has 0 bridgehead atoms. The molecule has 0 aliphatic carbocycles. The van der Waals surface area contributed by atoms with Crippen LogP contribution in [0.5, 0.6) is 0 Å². The fraction of sp³-hybridized carbons (Fsp3) is 0.444. The van der Waals surface area contributed by atoms with E-state index in [1.54, 1.807) is 0 Å². The number of carbonyl (C=O) groups is 1. The van der Waals surface area contributed by atoms with Gasteiger partial charge in [-0.2, -0.15) is 13.2 Å². The van der Waals surface area contributed by atoms with E-state index in [-0.39, 0.29) is 19.5 Å². The van der Waals surface area contributed by atoms with Gasteiger partial charge in [0.2, 0.25) is 5.60 Å². The van der Waals surface area contributed by atoms with Crippen molar-refractivity contribution in [2.45, 2.75) is 44.5 Å². The van der Waals surface area contributed by atoms with Crippen molar-refractivity contribution in [2.75, 3.05) is 6.54 Å². The Morgan fingerprint density at radius 3 is 2.62 bits per heavy atom. The molecule has 1 amide bonds. The third kappa shape index (κ3) is 3.60. The number of hydrogen-bond donors (Lipinski definition) is 1. The second-order valence-electron chi connectivity index (χ2n) is 6.51. The fourth-order valence-corrected chi connectivity index (χ4v) is 2.86. The smallest absolute Gasteiger partial charge is 0.426 e. The van der Waals surface area contributed by atoms with Crippen LogP contribution in [0.1, 0.15) is 29.8 Å². The van der Waals surface area contributed by atoms with E-state index in [1.807, 2.05) is 30.3 Å². The summed E-state index contributed by atoms with van der Waals surface area (Å²) in [6.45, 7) is 0.416. The highest BCUT2D eigenvalue weighted by molar-refractivity contribution is 5.85. The van der Waals surface area contributed by atoms with Crippen molar-refractivity contribution in [3.05, 3.63) is 53.2 Å². The largest absolute Gasteiger partial charge is 0.445 e. The molecular formula is C18H19F3N2O3. The van der Waals surface area contributed by atoms with Crippen LogP contribution in [-0.4, -0.2) is 39.2 Å². The van der Waals surface area contributed by atoms with Gasteiger partial charge >= 0.3 is 6.18 Å². The van der Waals surface area contributed by atoms with E-state index in [4.69, 9.17) is 4.42 Å². The summed E-state index contributed by atoms with van der Waals surface area (Å²) in [6.07, 6.45) is -3.47. The van der Waals surface area contributed by atoms with Gasteiger partial charge in [-0.25, -0.2) is 4.98 Å². The zero-order valence-corrected chi connectivity index (χ0v) is 14.2. The van der Waals surface area contributed by atoms with Gasteiger partial charge in [0.15, 0.2) is 5.89 Å². The Morgan fingerprint density at radius 1 is 1.27 bits per heavy atom. The normalized spacial score (nSPS) is 16.9. The lowest BCUT2D eigenvalue weighted by molar-refractivity contribution is -0.250. The average Bonchev–Trinajstić information content (AvgIpc) is 3.01. The molecule has 0 spiro atoms. The minimum atomic E-state index is -5.03. The van der Waals surface area contributed by atoms with Crippen molar-refractivity contribution >= 4 is 5.91 Å². The maximum Gasteiger partial charge on any atom is 0.426 e. The number of benzene rings is 1. The van der Waals surface area contributed by atoms with Gasteiger partial charge in [0, 0.05) is 19.4 Å². The molecule has 0 radical (unpaired) electrons. The third-order valence-corrected chi connectivity index (χ3v) is 4.50. The summed E-state index contributed by atoms with van der Waals surface area (Å²) in [5.74, 6) is -0.288. The van der Waals surface area contributed by atoms with E-state index in [0.29, 0.717) is 30.7 Å². The molecule has 1 aromatic heterocycles. The first-order valence-corrected chi connectivity index (χ1v) is 8.28. The van der Waals surface area contributed by atoms with Crippen LogP contribution in [0.3, 0.4) is 0 Å². The minimum Gasteiger partial charge on any atom is -0.445 e. The summed E-state index contributed by atoms with van der Waals surface area (Å²) in [7, 11) is 0. The highest BCUT2D eigenvalue weighted by Crippen LogP contribution is 2.33. The van der Waals surface area contributed by atoms with Crippen LogP contribution >= 0.6 is 0 Å². The van der Waals surface area contributed by atoms with Gasteiger partial charge in [0.05, 0.1) is 6.54 Å². The molecule has 1 aromatic carbocycles. The molecule has 1 atom stereocenters. The molecule has 5 nitrogen and oxygen atoms in total. The van der Waals surface area contributed by atoms with Gasteiger partial charge < -0.3 is 14.4 Å². The standard InChI is InChI=1S/C18H19F3N2O3/c1-17(25,18(19,20)21)16(24)23-10-9-14-13(11-23)22-15(26-14)8-7-12-5-3-2-4-6-12/h2-6,25H,7-11H2,1H3. The Hall–Kier alpha value is -2.35. The lowest BCUT2D eigenvalue weighted by atomic mass is 10.0. The van der Waals surface area contributed by atoms with E-state index >= 15 is 0 Å². The van der Waals surface area contributed by atoms with Crippen LogP contribution in [-0.2, 0) is 30.6 Å². The molecule has 0 saturated heterocycles. The summed E-state index contributed by atoms with van der Waals surface area (Å²) in [4.78, 5) is 17.4. The average molecular weight is 368 g/mol. The number of nitrogens with zero attached hydrogens (tertiary/aromatic N) is 2. The number of amides is 1. The van der Waals surface area contributed by atoms with Crippen LogP contribution in [0.25, 0.3) is 0 Å². The highest BCUT2D eigenvalue weighted by atomic mass is 19.4. The molecule has 0 fully saturated rings. The quantitative estimate of drug-likeness (QED) is 0.901. The third-order valence-electron chi connectivity index (χ3n) is 4.50. The molecule has 140 valence electrons. The Morgan fingerprint density at radius 2 is 1.96 bits per heavy atom. The van der Waals surface area contributed by atoms with Crippen LogP contribution in [0.2, 0.25) is 0 Å². The minimum absolute atomic E-state index is 0.0470. The second kappa shape index (κ2) is 6.75. The molecule has 1 unspecified atom stereocenters. The highest BCUT2D eigenvalue weighted by Gasteiger charge is 2.57. The topological polar surface area (TPSA) is 66.6 Å². The molecule has 1 aliphatic rings. The summed E-state index contributed by atoms with van der Waals surface area (Å²) in [6, 6.07) is 9.78. The van der Waals surface area contributed by atoms with Crippen LogP contribution < -0.4 is 0 Å². The number of rotatable bonds is 4. The van der Waals surface area contributed by atoms with Gasteiger partial charge in [-0.1, -0.05) is 30.3 Å². The number of aromatic nitrogens is 1. The Kier molecular flexibility index (Phi) is 4.79. The van der Waals surface area contributed by atoms with Gasteiger partial charge in [0.25, 0.3) is 5.91 Å². The SMILES string of the molecule is CC(O)(C(=O)N1CCc2oc(CCc3ccccc3)nc2C1)C(F)(F)F.